The SMILES string of the molecule is CCOC(=O)c1c(Br)c(C(=O)c2ccc(C)cc2)n(C)c1C. The van der Waals surface area contributed by atoms with Gasteiger partial charge >= 0.3 is 5.97 Å². The lowest BCUT2D eigenvalue weighted by atomic mass is 10.1. The molecule has 0 bridgehead atoms. The normalized spacial score (nSPS) is 10.6. The third-order valence-electron chi connectivity index (χ3n) is 3.64. The molecule has 0 aliphatic carbocycles. The van der Waals surface area contributed by atoms with Gasteiger partial charge < -0.3 is 9.30 Å². The van der Waals surface area contributed by atoms with E-state index in [0.29, 0.717) is 33.6 Å². The summed E-state index contributed by atoms with van der Waals surface area (Å²) in [6.07, 6.45) is 0. The minimum absolute atomic E-state index is 0.131. The second-order valence-corrected chi connectivity index (χ2v) is 5.89. The monoisotopic (exact) mass is 363 g/mol. The Balaban J connectivity index is 2.52. The lowest BCUT2D eigenvalue weighted by molar-refractivity contribution is 0.0524. The Morgan fingerprint density at radius 2 is 1.77 bits per heavy atom. The molecule has 0 unspecified atom stereocenters. The van der Waals surface area contributed by atoms with Gasteiger partial charge in [-0.2, -0.15) is 0 Å². The first kappa shape index (κ1) is 16.5. The molecule has 0 aliphatic heterocycles. The maximum Gasteiger partial charge on any atom is 0.341 e. The van der Waals surface area contributed by atoms with E-state index in [1.54, 1.807) is 37.6 Å². The fourth-order valence-corrected chi connectivity index (χ4v) is 3.19. The Bertz CT molecular complexity index is 729. The van der Waals surface area contributed by atoms with E-state index >= 15 is 0 Å². The molecule has 0 aliphatic rings. The summed E-state index contributed by atoms with van der Waals surface area (Å²) < 4.78 is 7.27. The van der Waals surface area contributed by atoms with Crippen LogP contribution in [0.25, 0.3) is 0 Å². The summed E-state index contributed by atoms with van der Waals surface area (Å²) in [5, 5.41) is 0. The average Bonchev–Trinajstić information content (AvgIpc) is 2.69. The van der Waals surface area contributed by atoms with Gasteiger partial charge in [0.25, 0.3) is 0 Å². The molecule has 0 atom stereocenters. The van der Waals surface area contributed by atoms with E-state index in [4.69, 9.17) is 4.74 Å². The topological polar surface area (TPSA) is 48.3 Å². The van der Waals surface area contributed by atoms with Crippen molar-refractivity contribution in [2.75, 3.05) is 6.61 Å². The van der Waals surface area contributed by atoms with Gasteiger partial charge in [-0.05, 0) is 36.7 Å². The van der Waals surface area contributed by atoms with E-state index in [1.165, 1.54) is 0 Å². The van der Waals surface area contributed by atoms with Crippen LogP contribution in [0.2, 0.25) is 0 Å². The van der Waals surface area contributed by atoms with Crippen molar-refractivity contribution < 1.29 is 14.3 Å². The maximum absolute atomic E-state index is 12.7. The molecule has 1 aromatic carbocycles. The van der Waals surface area contributed by atoms with Crippen molar-refractivity contribution in [2.24, 2.45) is 7.05 Å². The number of hydrogen-bond donors (Lipinski definition) is 0. The highest BCUT2D eigenvalue weighted by Gasteiger charge is 2.27. The van der Waals surface area contributed by atoms with Crippen LogP contribution in [0.5, 0.6) is 0 Å². The van der Waals surface area contributed by atoms with Crippen molar-refractivity contribution in [1.82, 2.24) is 4.57 Å². The Morgan fingerprint density at radius 3 is 2.32 bits per heavy atom. The molecule has 0 saturated heterocycles. The summed E-state index contributed by atoms with van der Waals surface area (Å²) in [7, 11) is 1.77. The summed E-state index contributed by atoms with van der Waals surface area (Å²) in [5.41, 5.74) is 3.22. The molecule has 116 valence electrons. The van der Waals surface area contributed by atoms with Crippen LogP contribution < -0.4 is 0 Å². The number of halogens is 1. The highest BCUT2D eigenvalue weighted by Crippen LogP contribution is 2.30. The number of hydrogen-bond acceptors (Lipinski definition) is 3. The molecule has 0 saturated carbocycles. The number of carbonyl (C=O) groups excluding carboxylic acids is 2. The third-order valence-corrected chi connectivity index (χ3v) is 4.41. The summed E-state index contributed by atoms with van der Waals surface area (Å²) in [5.74, 6) is -0.557. The maximum atomic E-state index is 12.7. The van der Waals surface area contributed by atoms with E-state index in [0.717, 1.165) is 5.56 Å². The molecule has 0 amide bonds. The van der Waals surface area contributed by atoms with E-state index in [1.807, 2.05) is 19.1 Å². The predicted octanol–water partition coefficient (Wildman–Crippen LogP) is 3.81. The zero-order valence-corrected chi connectivity index (χ0v) is 14.7. The molecule has 22 heavy (non-hydrogen) atoms. The molecule has 1 aromatic heterocycles. The van der Waals surface area contributed by atoms with E-state index < -0.39 is 5.97 Å². The number of carbonyl (C=O) groups is 2. The fourth-order valence-electron chi connectivity index (χ4n) is 2.29. The zero-order chi connectivity index (χ0) is 16.4. The first-order valence-corrected chi connectivity index (χ1v) is 7.81. The van der Waals surface area contributed by atoms with Crippen molar-refractivity contribution in [2.45, 2.75) is 20.8 Å². The highest BCUT2D eigenvalue weighted by atomic mass is 79.9. The lowest BCUT2D eigenvalue weighted by Gasteiger charge is -2.05. The van der Waals surface area contributed by atoms with Gasteiger partial charge in [0.1, 0.15) is 5.69 Å². The molecule has 5 heteroatoms. The van der Waals surface area contributed by atoms with Gasteiger partial charge in [0.15, 0.2) is 0 Å². The van der Waals surface area contributed by atoms with Gasteiger partial charge in [0, 0.05) is 18.3 Å². The van der Waals surface area contributed by atoms with Gasteiger partial charge in [0.05, 0.1) is 16.6 Å². The van der Waals surface area contributed by atoms with Crippen LogP contribution in [0.15, 0.2) is 28.7 Å². The Morgan fingerprint density at radius 1 is 1.18 bits per heavy atom. The number of aryl methyl sites for hydroxylation is 1. The number of esters is 1. The number of ketones is 1. The van der Waals surface area contributed by atoms with Crippen molar-refractivity contribution in [1.29, 1.82) is 0 Å². The van der Waals surface area contributed by atoms with Gasteiger partial charge in [-0.1, -0.05) is 29.8 Å². The van der Waals surface area contributed by atoms with E-state index in [9.17, 15) is 9.59 Å². The van der Waals surface area contributed by atoms with E-state index in [-0.39, 0.29) is 5.78 Å². The Hall–Kier alpha value is -1.88. The molecule has 2 aromatic rings. The number of rotatable bonds is 4. The standard InChI is InChI=1S/C17H18BrNO3/c1-5-22-17(21)13-11(3)19(4)15(14(13)18)16(20)12-8-6-10(2)7-9-12/h6-9H,5H2,1-4H3. The van der Waals surface area contributed by atoms with Crippen LogP contribution in [-0.4, -0.2) is 22.9 Å². The average molecular weight is 364 g/mol. The number of ether oxygens (including phenoxy) is 1. The first-order chi connectivity index (χ1) is 10.4. The highest BCUT2D eigenvalue weighted by molar-refractivity contribution is 9.10. The molecule has 0 spiro atoms. The molecule has 0 N–H and O–H groups in total. The van der Waals surface area contributed by atoms with Crippen LogP contribution in [0.1, 0.15) is 44.6 Å². The number of aromatic nitrogens is 1. The lowest BCUT2D eigenvalue weighted by Crippen LogP contribution is -2.08. The summed E-state index contributed by atoms with van der Waals surface area (Å²) in [6.45, 7) is 5.81. The summed E-state index contributed by atoms with van der Waals surface area (Å²) in [6, 6.07) is 7.36. The molecule has 4 nitrogen and oxygen atoms in total. The van der Waals surface area contributed by atoms with Crippen LogP contribution in [0.3, 0.4) is 0 Å². The van der Waals surface area contributed by atoms with Crippen LogP contribution in [0.4, 0.5) is 0 Å². The fraction of sp³-hybridized carbons (Fsp3) is 0.294. The summed E-state index contributed by atoms with van der Waals surface area (Å²) in [4.78, 5) is 24.8. The summed E-state index contributed by atoms with van der Waals surface area (Å²) >= 11 is 3.39. The largest absolute Gasteiger partial charge is 0.462 e. The molecule has 0 radical (unpaired) electrons. The molecule has 1 heterocycles. The van der Waals surface area contributed by atoms with E-state index in [2.05, 4.69) is 15.9 Å². The van der Waals surface area contributed by atoms with Gasteiger partial charge in [0.2, 0.25) is 5.78 Å². The second kappa shape index (κ2) is 6.48. The van der Waals surface area contributed by atoms with Crippen LogP contribution in [0, 0.1) is 13.8 Å². The van der Waals surface area contributed by atoms with Gasteiger partial charge in [-0.15, -0.1) is 0 Å². The van der Waals surface area contributed by atoms with Gasteiger partial charge in [-0.3, -0.25) is 4.79 Å². The second-order valence-electron chi connectivity index (χ2n) is 5.10. The minimum atomic E-state index is -0.426. The predicted molar refractivity (Wildman–Crippen MR) is 88.4 cm³/mol. The third kappa shape index (κ3) is 2.86. The Labute approximate surface area is 138 Å². The van der Waals surface area contributed by atoms with Crippen molar-refractivity contribution >= 4 is 27.7 Å². The smallest absolute Gasteiger partial charge is 0.341 e. The molecular formula is C17H18BrNO3. The van der Waals surface area contributed by atoms with Crippen LogP contribution in [-0.2, 0) is 11.8 Å². The number of benzene rings is 1. The minimum Gasteiger partial charge on any atom is -0.462 e. The number of nitrogens with zero attached hydrogens (tertiary/aromatic N) is 1. The van der Waals surface area contributed by atoms with Crippen molar-refractivity contribution in [3.05, 3.63) is 56.8 Å². The first-order valence-electron chi connectivity index (χ1n) is 7.01. The van der Waals surface area contributed by atoms with Crippen molar-refractivity contribution in [3.8, 4) is 0 Å². The van der Waals surface area contributed by atoms with Crippen molar-refractivity contribution in [3.63, 3.8) is 0 Å². The zero-order valence-electron chi connectivity index (χ0n) is 13.1. The molecule has 2 rings (SSSR count). The molecular weight excluding hydrogens is 346 g/mol. The van der Waals surface area contributed by atoms with Crippen LogP contribution >= 0.6 is 15.9 Å². The van der Waals surface area contributed by atoms with Gasteiger partial charge in [-0.25, -0.2) is 4.79 Å². The quantitative estimate of drug-likeness (QED) is 0.612. The Kier molecular flexibility index (Phi) is 4.86. The molecule has 0 fully saturated rings.